The molecular formula is C17H21N2O5-. The van der Waals surface area contributed by atoms with Gasteiger partial charge in [0.1, 0.15) is 5.75 Å². The van der Waals surface area contributed by atoms with E-state index in [2.05, 4.69) is 10.9 Å². The maximum Gasteiger partial charge on any atom is 0.276 e. The Balaban J connectivity index is 1.78. The van der Waals surface area contributed by atoms with Crippen LogP contribution >= 0.6 is 0 Å². The van der Waals surface area contributed by atoms with Crippen LogP contribution < -0.4 is 20.7 Å². The molecule has 1 aliphatic rings. The third-order valence-corrected chi connectivity index (χ3v) is 4.09. The van der Waals surface area contributed by atoms with E-state index in [1.165, 1.54) is 0 Å². The lowest BCUT2D eigenvalue weighted by atomic mass is 9.79. The van der Waals surface area contributed by atoms with Crippen LogP contribution in [0.5, 0.6) is 5.75 Å². The average molecular weight is 333 g/mol. The summed E-state index contributed by atoms with van der Waals surface area (Å²) in [5.41, 5.74) is 5.53. The summed E-state index contributed by atoms with van der Waals surface area (Å²) in [6, 6.07) is 7.24. The number of carbonyl (C=O) groups is 3. The van der Waals surface area contributed by atoms with E-state index >= 15 is 0 Å². The fourth-order valence-corrected chi connectivity index (χ4v) is 2.84. The van der Waals surface area contributed by atoms with Crippen molar-refractivity contribution < 1.29 is 24.2 Å². The number of nitrogens with one attached hydrogen (secondary N) is 2. The fourth-order valence-electron chi connectivity index (χ4n) is 2.84. The van der Waals surface area contributed by atoms with Crippen LogP contribution in [0.4, 0.5) is 0 Å². The van der Waals surface area contributed by atoms with Gasteiger partial charge in [0.25, 0.3) is 5.91 Å². The molecule has 130 valence electrons. The molecule has 2 atom stereocenters. The normalized spacial score (nSPS) is 20.0. The number of carboxylic acids is 1. The van der Waals surface area contributed by atoms with Crippen LogP contribution in [0.15, 0.2) is 24.3 Å². The summed E-state index contributed by atoms with van der Waals surface area (Å²) in [5.74, 6) is -3.18. The maximum atomic E-state index is 12.1. The zero-order valence-electron chi connectivity index (χ0n) is 13.5. The fraction of sp³-hybridized carbons (Fsp3) is 0.471. The minimum Gasteiger partial charge on any atom is -0.550 e. The Morgan fingerprint density at radius 1 is 1.17 bits per heavy atom. The highest BCUT2D eigenvalue weighted by Gasteiger charge is 2.31. The topological polar surface area (TPSA) is 108 Å². The second kappa shape index (κ2) is 8.33. The Labute approximate surface area is 140 Å². The van der Waals surface area contributed by atoms with Crippen molar-refractivity contribution in [3.63, 3.8) is 0 Å². The molecule has 0 saturated heterocycles. The van der Waals surface area contributed by atoms with Gasteiger partial charge in [0.2, 0.25) is 5.91 Å². The van der Waals surface area contributed by atoms with Crippen LogP contribution in [0.25, 0.3) is 0 Å². The van der Waals surface area contributed by atoms with Crippen molar-refractivity contribution in [3.05, 3.63) is 29.8 Å². The number of aryl methyl sites for hydroxylation is 1. The van der Waals surface area contributed by atoms with E-state index in [0.29, 0.717) is 18.6 Å². The minimum atomic E-state index is -1.22. The number of carbonyl (C=O) groups excluding carboxylic acids is 3. The minimum absolute atomic E-state index is 0.252. The number of ether oxygens (including phenoxy) is 1. The van der Waals surface area contributed by atoms with Gasteiger partial charge in [0.15, 0.2) is 6.61 Å². The molecule has 0 aliphatic heterocycles. The Bertz CT molecular complexity index is 617. The lowest BCUT2D eigenvalue weighted by Gasteiger charge is -2.31. The molecule has 0 aromatic heterocycles. The third kappa shape index (κ3) is 4.97. The number of aliphatic carboxylic acids is 1. The first-order valence-electron chi connectivity index (χ1n) is 7.96. The molecule has 0 unspecified atom stereocenters. The SMILES string of the molecule is Cc1cccc(OCC(=O)NNC(=O)[C@@H]2CCCC[C@@H]2C(=O)[O-])c1. The summed E-state index contributed by atoms with van der Waals surface area (Å²) in [7, 11) is 0. The molecule has 24 heavy (non-hydrogen) atoms. The molecule has 1 aromatic carbocycles. The molecule has 1 saturated carbocycles. The van der Waals surface area contributed by atoms with Crippen molar-refractivity contribution in [2.24, 2.45) is 11.8 Å². The van der Waals surface area contributed by atoms with Crippen molar-refractivity contribution in [3.8, 4) is 5.75 Å². The van der Waals surface area contributed by atoms with Crippen LogP contribution in [0, 0.1) is 18.8 Å². The molecule has 2 N–H and O–H groups in total. The van der Waals surface area contributed by atoms with E-state index in [1.54, 1.807) is 12.1 Å². The van der Waals surface area contributed by atoms with E-state index in [-0.39, 0.29) is 6.61 Å². The molecule has 0 heterocycles. The van der Waals surface area contributed by atoms with Gasteiger partial charge in [0, 0.05) is 17.8 Å². The molecular weight excluding hydrogens is 312 g/mol. The highest BCUT2D eigenvalue weighted by Crippen LogP contribution is 2.29. The van der Waals surface area contributed by atoms with E-state index in [1.807, 2.05) is 19.1 Å². The van der Waals surface area contributed by atoms with Crippen molar-refractivity contribution in [2.75, 3.05) is 6.61 Å². The van der Waals surface area contributed by atoms with E-state index in [0.717, 1.165) is 18.4 Å². The van der Waals surface area contributed by atoms with Gasteiger partial charge in [-0.2, -0.15) is 0 Å². The quantitative estimate of drug-likeness (QED) is 0.742. The summed E-state index contributed by atoms with van der Waals surface area (Å²) in [6.07, 6.45) is 2.44. The maximum absolute atomic E-state index is 12.1. The van der Waals surface area contributed by atoms with Crippen molar-refractivity contribution >= 4 is 17.8 Å². The highest BCUT2D eigenvalue weighted by atomic mass is 16.5. The molecule has 2 rings (SSSR count). The molecule has 7 nitrogen and oxygen atoms in total. The number of rotatable bonds is 5. The van der Waals surface area contributed by atoms with Crippen LogP contribution in [0.3, 0.4) is 0 Å². The van der Waals surface area contributed by atoms with Gasteiger partial charge in [-0.05, 0) is 37.5 Å². The third-order valence-electron chi connectivity index (χ3n) is 4.09. The van der Waals surface area contributed by atoms with Gasteiger partial charge in [-0.15, -0.1) is 0 Å². The predicted molar refractivity (Wildman–Crippen MR) is 83.4 cm³/mol. The molecule has 7 heteroatoms. The van der Waals surface area contributed by atoms with Gasteiger partial charge in [-0.3, -0.25) is 20.4 Å². The zero-order chi connectivity index (χ0) is 17.5. The van der Waals surface area contributed by atoms with E-state index < -0.39 is 29.6 Å². The molecule has 2 amide bonds. The van der Waals surface area contributed by atoms with Crippen LogP contribution in [0.2, 0.25) is 0 Å². The van der Waals surface area contributed by atoms with Gasteiger partial charge in [-0.1, -0.05) is 25.0 Å². The molecule has 1 fully saturated rings. The first-order chi connectivity index (χ1) is 11.5. The second-order valence-corrected chi connectivity index (χ2v) is 5.96. The van der Waals surface area contributed by atoms with Crippen molar-refractivity contribution in [1.29, 1.82) is 0 Å². The standard InChI is InChI=1S/C17H22N2O5/c1-11-5-4-6-12(9-11)24-10-15(20)18-19-16(21)13-7-2-3-8-14(13)17(22)23/h4-6,9,13-14H,2-3,7-8,10H2,1H3,(H,18,20)(H,19,21)(H,22,23)/p-1/t13-,14+/m1/s1. The van der Waals surface area contributed by atoms with Gasteiger partial charge >= 0.3 is 0 Å². The highest BCUT2D eigenvalue weighted by molar-refractivity contribution is 5.87. The summed E-state index contributed by atoms with van der Waals surface area (Å²) >= 11 is 0. The smallest absolute Gasteiger partial charge is 0.276 e. The van der Waals surface area contributed by atoms with Crippen LogP contribution in [-0.2, 0) is 14.4 Å². The van der Waals surface area contributed by atoms with E-state index in [4.69, 9.17) is 4.74 Å². The molecule has 0 bridgehead atoms. The number of benzene rings is 1. The largest absolute Gasteiger partial charge is 0.550 e. The molecule has 0 spiro atoms. The zero-order valence-corrected chi connectivity index (χ0v) is 13.5. The Kier molecular flexibility index (Phi) is 6.17. The molecule has 0 radical (unpaired) electrons. The monoisotopic (exact) mass is 333 g/mol. The Morgan fingerprint density at radius 2 is 1.88 bits per heavy atom. The summed E-state index contributed by atoms with van der Waals surface area (Å²) in [5, 5.41) is 11.1. The lowest BCUT2D eigenvalue weighted by Crippen LogP contribution is -2.50. The predicted octanol–water partition coefficient (Wildman–Crippen LogP) is 0.0775. The van der Waals surface area contributed by atoms with Crippen molar-refractivity contribution in [1.82, 2.24) is 10.9 Å². The average Bonchev–Trinajstić information content (AvgIpc) is 2.58. The van der Waals surface area contributed by atoms with Crippen molar-refractivity contribution in [2.45, 2.75) is 32.6 Å². The summed E-state index contributed by atoms with van der Waals surface area (Å²) in [6.45, 7) is 1.66. The van der Waals surface area contributed by atoms with E-state index in [9.17, 15) is 19.5 Å². The number of hydrogen-bond acceptors (Lipinski definition) is 5. The van der Waals surface area contributed by atoms with Crippen LogP contribution in [-0.4, -0.2) is 24.4 Å². The number of hydrazine groups is 1. The first-order valence-corrected chi connectivity index (χ1v) is 7.96. The summed E-state index contributed by atoms with van der Waals surface area (Å²) in [4.78, 5) is 34.9. The summed E-state index contributed by atoms with van der Waals surface area (Å²) < 4.78 is 5.32. The second-order valence-electron chi connectivity index (χ2n) is 5.96. The van der Waals surface area contributed by atoms with Gasteiger partial charge in [0.05, 0.1) is 0 Å². The lowest BCUT2D eigenvalue weighted by molar-refractivity contribution is -0.314. The Hall–Kier alpha value is -2.57. The Morgan fingerprint density at radius 3 is 2.54 bits per heavy atom. The first kappa shape index (κ1) is 17.8. The van der Waals surface area contributed by atoms with Gasteiger partial charge in [-0.25, -0.2) is 0 Å². The number of hydrogen-bond donors (Lipinski definition) is 2. The molecule has 1 aliphatic carbocycles. The molecule has 1 aromatic rings. The van der Waals surface area contributed by atoms with Crippen LogP contribution in [0.1, 0.15) is 31.2 Å². The number of carboxylic acid groups (broad SMARTS) is 1. The van der Waals surface area contributed by atoms with Gasteiger partial charge < -0.3 is 14.6 Å². The number of amides is 2.